The lowest BCUT2D eigenvalue weighted by molar-refractivity contribution is -0.134. The van der Waals surface area contributed by atoms with Crippen molar-refractivity contribution in [3.63, 3.8) is 0 Å². The normalized spacial score (nSPS) is 12.9. The number of amides is 1. The summed E-state index contributed by atoms with van der Waals surface area (Å²) in [5, 5.41) is 0. The number of hydrogen-bond acceptors (Lipinski definition) is 5. The monoisotopic (exact) mass is 368 g/mol. The van der Waals surface area contributed by atoms with E-state index in [0.717, 1.165) is 11.1 Å². The average molecular weight is 368 g/mol. The number of benzene rings is 1. The smallest absolute Gasteiger partial charge is 0.420 e. The quantitative estimate of drug-likeness (QED) is 0.616. The van der Waals surface area contributed by atoms with Crippen LogP contribution in [0.4, 0.5) is 4.79 Å². The minimum absolute atomic E-state index is 0.364. The van der Waals surface area contributed by atoms with E-state index in [0.29, 0.717) is 6.54 Å². The molecule has 0 radical (unpaired) electrons. The molecule has 0 heterocycles. The van der Waals surface area contributed by atoms with Gasteiger partial charge in [-0.1, -0.05) is 24.3 Å². The molecule has 1 aromatic rings. The topological polar surface area (TPSA) is 84.9 Å². The van der Waals surface area contributed by atoms with Crippen molar-refractivity contribution in [1.29, 1.82) is 0 Å². The highest BCUT2D eigenvalue weighted by molar-refractivity contribution is 7.81. The van der Waals surface area contributed by atoms with Crippen LogP contribution in [0.15, 0.2) is 30.3 Å². The zero-order valence-electron chi connectivity index (χ0n) is 15.1. The predicted octanol–water partition coefficient (Wildman–Crippen LogP) is 2.41. The third-order valence-corrected chi connectivity index (χ3v) is 3.89. The van der Waals surface area contributed by atoms with Gasteiger partial charge in [0.2, 0.25) is 11.2 Å². The number of methoxy groups -OCH3 is 1. The minimum atomic E-state index is -1.71. The first-order valence-corrected chi connectivity index (χ1v) is 8.69. The highest BCUT2D eigenvalue weighted by Gasteiger charge is 2.19. The van der Waals surface area contributed by atoms with Gasteiger partial charge in [-0.3, -0.25) is 0 Å². The summed E-state index contributed by atoms with van der Waals surface area (Å²) in [5.74, 6) is -0.424. The maximum absolute atomic E-state index is 12.1. The van der Waals surface area contributed by atoms with Crippen molar-refractivity contribution in [3.8, 4) is 0 Å². The van der Waals surface area contributed by atoms with Crippen LogP contribution in [0.3, 0.4) is 0 Å². The lowest BCUT2D eigenvalue weighted by Gasteiger charge is -2.21. The molecule has 0 spiro atoms. The van der Waals surface area contributed by atoms with Gasteiger partial charge in [0, 0.05) is 19.7 Å². The molecule has 7 nitrogen and oxygen atoms in total. The van der Waals surface area contributed by atoms with Crippen molar-refractivity contribution < 1.29 is 23.3 Å². The molecule has 138 valence electrons. The Bertz CT molecular complexity index is 650. The molecule has 1 atom stereocenters. The van der Waals surface area contributed by atoms with E-state index in [2.05, 4.69) is 9.46 Å². The second-order valence-electron chi connectivity index (χ2n) is 6.24. The van der Waals surface area contributed by atoms with E-state index in [4.69, 9.17) is 4.74 Å². The van der Waals surface area contributed by atoms with Gasteiger partial charge >= 0.3 is 12.1 Å². The van der Waals surface area contributed by atoms with E-state index in [9.17, 15) is 13.8 Å². The Morgan fingerprint density at radius 2 is 1.84 bits per heavy atom. The van der Waals surface area contributed by atoms with Crippen LogP contribution in [-0.4, -0.2) is 40.3 Å². The third-order valence-electron chi connectivity index (χ3n) is 2.85. The molecule has 0 aliphatic heterocycles. The third kappa shape index (κ3) is 8.46. The highest BCUT2D eigenvalue weighted by atomic mass is 32.2. The summed E-state index contributed by atoms with van der Waals surface area (Å²) in [6.07, 6.45) is 2.24. The first kappa shape index (κ1) is 20.9. The van der Waals surface area contributed by atoms with Crippen LogP contribution in [0.1, 0.15) is 31.9 Å². The van der Waals surface area contributed by atoms with E-state index in [1.807, 2.05) is 24.3 Å². The fourth-order valence-electron chi connectivity index (χ4n) is 1.73. The average Bonchev–Trinajstić information content (AvgIpc) is 2.51. The molecular weight excluding hydrogens is 344 g/mol. The molecule has 1 unspecified atom stereocenters. The van der Waals surface area contributed by atoms with E-state index in [1.54, 1.807) is 33.9 Å². The Kier molecular flexibility index (Phi) is 7.79. The largest absolute Gasteiger partial charge is 0.466 e. The SMILES string of the molecule is COC(=O)/C=C/c1ccc(CN(C)S(=O)NC(=O)OC(C)(C)C)cc1. The van der Waals surface area contributed by atoms with Crippen LogP contribution in [0.5, 0.6) is 0 Å². The van der Waals surface area contributed by atoms with Crippen molar-refractivity contribution in [2.45, 2.75) is 32.9 Å². The molecule has 1 aromatic carbocycles. The van der Waals surface area contributed by atoms with Crippen LogP contribution in [0.25, 0.3) is 6.08 Å². The molecule has 8 heteroatoms. The van der Waals surface area contributed by atoms with Gasteiger partial charge < -0.3 is 9.47 Å². The first-order valence-electron chi connectivity index (χ1n) is 7.58. The number of carbonyl (C=O) groups excluding carboxylic acids is 2. The molecule has 1 rings (SSSR count). The molecule has 1 N–H and O–H groups in total. The number of rotatable bonds is 6. The minimum Gasteiger partial charge on any atom is -0.466 e. The summed E-state index contributed by atoms with van der Waals surface area (Å²) in [6, 6.07) is 7.34. The van der Waals surface area contributed by atoms with Crippen molar-refractivity contribution in [2.75, 3.05) is 14.2 Å². The number of esters is 1. The molecule has 0 saturated heterocycles. The van der Waals surface area contributed by atoms with E-state index < -0.39 is 28.8 Å². The number of hydrogen-bond donors (Lipinski definition) is 1. The summed E-state index contributed by atoms with van der Waals surface area (Å²) in [5.41, 5.74) is 1.09. The summed E-state index contributed by atoms with van der Waals surface area (Å²) in [4.78, 5) is 22.7. The summed E-state index contributed by atoms with van der Waals surface area (Å²) >= 11 is -1.71. The van der Waals surface area contributed by atoms with Gasteiger partial charge in [-0.15, -0.1) is 0 Å². The van der Waals surface area contributed by atoms with Gasteiger partial charge in [-0.05, 0) is 38.0 Å². The summed E-state index contributed by atoms with van der Waals surface area (Å²) < 4.78 is 25.4. The van der Waals surface area contributed by atoms with E-state index in [-0.39, 0.29) is 0 Å². The molecule has 0 fully saturated rings. The standard InChI is InChI=1S/C17H24N2O5S/c1-17(2,3)24-16(21)18-25(22)19(4)12-14-8-6-13(7-9-14)10-11-15(20)23-5/h6-11H,12H2,1-5H3,(H,18,21)/b11-10+. The maximum Gasteiger partial charge on any atom is 0.420 e. The lowest BCUT2D eigenvalue weighted by Crippen LogP contribution is -2.39. The maximum atomic E-state index is 12.1. The lowest BCUT2D eigenvalue weighted by atomic mass is 10.1. The molecular formula is C17H24N2O5S. The second-order valence-corrected chi connectivity index (χ2v) is 7.56. The number of nitrogens with zero attached hydrogens (tertiary/aromatic N) is 1. The van der Waals surface area contributed by atoms with E-state index in [1.165, 1.54) is 17.5 Å². The van der Waals surface area contributed by atoms with Gasteiger partial charge in [0.15, 0.2) is 0 Å². The van der Waals surface area contributed by atoms with Gasteiger partial charge in [0.1, 0.15) is 5.60 Å². The van der Waals surface area contributed by atoms with Gasteiger partial charge in [-0.2, -0.15) is 0 Å². The molecule has 0 aliphatic carbocycles. The number of carbonyl (C=O) groups is 2. The highest BCUT2D eigenvalue weighted by Crippen LogP contribution is 2.10. The number of ether oxygens (including phenoxy) is 2. The van der Waals surface area contributed by atoms with Crippen molar-refractivity contribution in [1.82, 2.24) is 9.03 Å². The van der Waals surface area contributed by atoms with Crippen LogP contribution >= 0.6 is 0 Å². The fourth-order valence-corrected chi connectivity index (χ4v) is 2.34. The summed E-state index contributed by atoms with van der Waals surface area (Å²) in [7, 11) is 2.94. The van der Waals surface area contributed by atoms with Crippen molar-refractivity contribution >= 4 is 29.3 Å². The number of nitrogens with one attached hydrogen (secondary N) is 1. The van der Waals surface area contributed by atoms with Crippen LogP contribution in [0, 0.1) is 0 Å². The van der Waals surface area contributed by atoms with Crippen LogP contribution in [0.2, 0.25) is 0 Å². The summed E-state index contributed by atoms with van der Waals surface area (Å²) in [6.45, 7) is 5.56. The van der Waals surface area contributed by atoms with Crippen LogP contribution in [-0.2, 0) is 32.0 Å². The molecule has 0 bridgehead atoms. The first-order chi connectivity index (χ1) is 11.6. The van der Waals surface area contributed by atoms with Gasteiger partial charge in [0.05, 0.1) is 7.11 Å². The molecule has 25 heavy (non-hydrogen) atoms. The van der Waals surface area contributed by atoms with Gasteiger partial charge in [0.25, 0.3) is 0 Å². The van der Waals surface area contributed by atoms with Crippen LogP contribution < -0.4 is 4.72 Å². The zero-order chi connectivity index (χ0) is 19.0. The fraction of sp³-hybridized carbons (Fsp3) is 0.412. The Hall–Kier alpha value is -2.19. The van der Waals surface area contributed by atoms with E-state index >= 15 is 0 Å². The van der Waals surface area contributed by atoms with Crippen molar-refractivity contribution in [2.24, 2.45) is 0 Å². The Labute approximate surface area is 150 Å². The molecule has 0 aliphatic rings. The molecule has 0 saturated carbocycles. The predicted molar refractivity (Wildman–Crippen MR) is 96.5 cm³/mol. The second kappa shape index (κ2) is 9.33. The Morgan fingerprint density at radius 1 is 1.24 bits per heavy atom. The zero-order valence-corrected chi connectivity index (χ0v) is 15.9. The molecule has 0 aromatic heterocycles. The van der Waals surface area contributed by atoms with Crippen molar-refractivity contribution in [3.05, 3.63) is 41.5 Å². The molecule has 1 amide bonds. The van der Waals surface area contributed by atoms with Gasteiger partial charge in [-0.25, -0.2) is 22.8 Å². The Morgan fingerprint density at radius 3 is 2.36 bits per heavy atom. The Balaban J connectivity index is 2.57.